The number of thioether (sulfide) groups is 2. The van der Waals surface area contributed by atoms with E-state index in [-0.39, 0.29) is 0 Å². The van der Waals surface area contributed by atoms with Crippen molar-refractivity contribution in [1.29, 1.82) is 0 Å². The van der Waals surface area contributed by atoms with Crippen molar-refractivity contribution in [2.45, 2.75) is 34.1 Å². The van der Waals surface area contributed by atoms with E-state index in [1.807, 2.05) is 33.3 Å². The molecule has 2 amide bonds. The lowest BCUT2D eigenvalue weighted by Crippen LogP contribution is -2.48. The fourth-order valence-electron chi connectivity index (χ4n) is 2.82. The van der Waals surface area contributed by atoms with Gasteiger partial charge >= 0.3 is 0 Å². The molecule has 4 aliphatic rings. The number of amides is 2. The maximum atomic E-state index is 11.3. The van der Waals surface area contributed by atoms with Gasteiger partial charge in [0.2, 0.25) is 11.8 Å². The minimum absolute atomic E-state index is 0.308. The second-order valence-corrected chi connectivity index (χ2v) is 7.60. The molecule has 4 saturated heterocycles. The van der Waals surface area contributed by atoms with Crippen LogP contribution in [0.2, 0.25) is 0 Å². The summed E-state index contributed by atoms with van der Waals surface area (Å²) in [5, 5.41) is 1.98. The lowest BCUT2D eigenvalue weighted by atomic mass is 10.1. The summed E-state index contributed by atoms with van der Waals surface area (Å²) in [5.41, 5.74) is 0. The largest absolute Gasteiger partial charge is 0.329 e. The summed E-state index contributed by atoms with van der Waals surface area (Å²) in [6, 6.07) is 0. The Balaban J connectivity index is 1.45. The van der Waals surface area contributed by atoms with E-state index in [4.69, 9.17) is 0 Å². The van der Waals surface area contributed by atoms with Crippen molar-refractivity contribution in [2.75, 3.05) is 13.1 Å². The molecule has 4 fully saturated rings. The highest BCUT2D eigenvalue weighted by atomic mass is 32.2. The van der Waals surface area contributed by atoms with E-state index in [2.05, 4.69) is 0 Å². The molecule has 16 heavy (non-hydrogen) atoms. The molecule has 6 heteroatoms. The van der Waals surface area contributed by atoms with Crippen molar-refractivity contribution >= 4 is 35.3 Å². The first-order chi connectivity index (χ1) is 7.72. The van der Waals surface area contributed by atoms with Crippen molar-refractivity contribution in [3.8, 4) is 0 Å². The molecule has 4 nitrogen and oxygen atoms in total. The third-order valence-electron chi connectivity index (χ3n) is 3.87. The summed E-state index contributed by atoms with van der Waals surface area (Å²) in [5.74, 6) is 0.615. The van der Waals surface area contributed by atoms with Crippen LogP contribution in [0.4, 0.5) is 0 Å². The minimum Gasteiger partial charge on any atom is -0.329 e. The first-order valence-corrected chi connectivity index (χ1v) is 7.51. The molecule has 4 aliphatic heterocycles. The molecule has 0 radical (unpaired) electrons. The third kappa shape index (κ3) is 1.14. The van der Waals surface area contributed by atoms with E-state index in [1.54, 1.807) is 0 Å². The zero-order valence-corrected chi connectivity index (χ0v) is 10.3. The molecule has 86 valence electrons. The Kier molecular flexibility index (Phi) is 1.87. The lowest BCUT2D eigenvalue weighted by Gasteiger charge is -2.32. The fourth-order valence-corrected chi connectivity index (χ4v) is 6.21. The second kappa shape index (κ2) is 3.10. The van der Waals surface area contributed by atoms with Gasteiger partial charge in [-0.15, -0.1) is 23.5 Å². The van der Waals surface area contributed by atoms with E-state index in [0.717, 1.165) is 25.9 Å². The molecule has 0 aromatic carbocycles. The summed E-state index contributed by atoms with van der Waals surface area (Å²) >= 11 is 3.88. The molecule has 4 rings (SSSR count). The van der Waals surface area contributed by atoms with Gasteiger partial charge in [0.25, 0.3) is 0 Å². The monoisotopic (exact) mass is 256 g/mol. The molecule has 0 N–H and O–H groups in total. The molecule has 4 heterocycles. The summed E-state index contributed by atoms with van der Waals surface area (Å²) in [4.78, 5) is 26.6. The molecule has 4 atom stereocenters. The SMILES string of the molecule is O=C1C[C@H]2SC(C3CN4C(=O)C[C@H]4S3)CN12. The Morgan fingerprint density at radius 3 is 1.62 bits per heavy atom. The van der Waals surface area contributed by atoms with Crippen LogP contribution < -0.4 is 0 Å². The number of hydrogen-bond acceptors (Lipinski definition) is 4. The van der Waals surface area contributed by atoms with Gasteiger partial charge in [-0.25, -0.2) is 0 Å². The highest BCUT2D eigenvalue weighted by molar-refractivity contribution is 8.04. The van der Waals surface area contributed by atoms with Gasteiger partial charge in [-0.05, 0) is 0 Å². The average molecular weight is 256 g/mol. The number of carbonyl (C=O) groups is 2. The molecule has 0 spiro atoms. The number of β-lactam (4-membered cyclic amide) rings is 2. The highest BCUT2D eigenvalue weighted by Gasteiger charge is 2.52. The number of nitrogens with zero attached hydrogens (tertiary/aromatic N) is 2. The summed E-state index contributed by atoms with van der Waals surface area (Å²) in [7, 11) is 0. The van der Waals surface area contributed by atoms with Gasteiger partial charge in [0.05, 0.1) is 23.6 Å². The minimum atomic E-state index is 0.308. The van der Waals surface area contributed by atoms with Gasteiger partial charge in [-0.2, -0.15) is 0 Å². The van der Waals surface area contributed by atoms with Crippen LogP contribution in [0.5, 0.6) is 0 Å². The predicted molar refractivity (Wildman–Crippen MR) is 63.0 cm³/mol. The standard InChI is InChI=1S/C10H12N2O2S2/c13-7-1-9-11(7)3-5(15-9)6-4-12-8(14)2-10(12)16-6/h5-6,9-10H,1-4H2/t5?,6?,9-,10-/m1/s1. The molecule has 0 bridgehead atoms. The Hall–Kier alpha value is -0.360. The summed E-state index contributed by atoms with van der Waals surface area (Å²) in [6.45, 7) is 1.81. The van der Waals surface area contributed by atoms with Gasteiger partial charge in [-0.1, -0.05) is 0 Å². The maximum Gasteiger partial charge on any atom is 0.226 e. The van der Waals surface area contributed by atoms with Crippen LogP contribution in [0.1, 0.15) is 12.8 Å². The van der Waals surface area contributed by atoms with Crippen molar-refractivity contribution < 1.29 is 9.59 Å². The average Bonchev–Trinajstić information content (AvgIpc) is 2.75. The molecule has 2 unspecified atom stereocenters. The predicted octanol–water partition coefficient (Wildman–Crippen LogP) is 0.334. The van der Waals surface area contributed by atoms with Crippen LogP contribution in [0, 0.1) is 0 Å². The van der Waals surface area contributed by atoms with Crippen molar-refractivity contribution in [1.82, 2.24) is 9.80 Å². The molecular weight excluding hydrogens is 244 g/mol. The first kappa shape index (κ1) is 9.65. The topological polar surface area (TPSA) is 40.6 Å². The molecule has 0 saturated carbocycles. The highest BCUT2D eigenvalue weighted by Crippen LogP contribution is 2.49. The van der Waals surface area contributed by atoms with Crippen LogP contribution in [0.25, 0.3) is 0 Å². The van der Waals surface area contributed by atoms with Crippen LogP contribution in [0.15, 0.2) is 0 Å². The van der Waals surface area contributed by atoms with Crippen molar-refractivity contribution in [3.05, 3.63) is 0 Å². The Morgan fingerprint density at radius 1 is 0.875 bits per heavy atom. The van der Waals surface area contributed by atoms with E-state index >= 15 is 0 Å². The third-order valence-corrected chi connectivity index (χ3v) is 7.16. The first-order valence-electron chi connectivity index (χ1n) is 5.62. The van der Waals surface area contributed by atoms with Crippen molar-refractivity contribution in [3.63, 3.8) is 0 Å². The summed E-state index contributed by atoms with van der Waals surface area (Å²) < 4.78 is 0. The van der Waals surface area contributed by atoms with Gasteiger partial charge < -0.3 is 9.80 Å². The number of rotatable bonds is 1. The van der Waals surface area contributed by atoms with Crippen LogP contribution in [0.3, 0.4) is 0 Å². The molecule has 0 aliphatic carbocycles. The lowest BCUT2D eigenvalue weighted by molar-refractivity contribution is -0.141. The van der Waals surface area contributed by atoms with Gasteiger partial charge in [0, 0.05) is 23.6 Å². The zero-order valence-electron chi connectivity index (χ0n) is 8.67. The maximum absolute atomic E-state index is 11.3. The van der Waals surface area contributed by atoms with E-state index in [1.165, 1.54) is 0 Å². The van der Waals surface area contributed by atoms with Crippen LogP contribution in [-0.4, -0.2) is 56.0 Å². The van der Waals surface area contributed by atoms with E-state index in [9.17, 15) is 9.59 Å². The smallest absolute Gasteiger partial charge is 0.226 e. The van der Waals surface area contributed by atoms with Gasteiger partial charge in [0.1, 0.15) is 0 Å². The Labute approximate surface area is 102 Å². The second-order valence-electron chi connectivity index (χ2n) is 4.76. The van der Waals surface area contributed by atoms with Gasteiger partial charge in [-0.3, -0.25) is 9.59 Å². The number of fused-ring (bicyclic) bond motifs is 2. The summed E-state index contributed by atoms with van der Waals surface area (Å²) in [6.07, 6.45) is 1.45. The van der Waals surface area contributed by atoms with Crippen LogP contribution in [-0.2, 0) is 9.59 Å². The molecular formula is C10H12N2O2S2. The zero-order chi connectivity index (χ0) is 10.9. The molecule has 0 aromatic rings. The Bertz CT molecular complexity index is 353. The van der Waals surface area contributed by atoms with Crippen molar-refractivity contribution in [2.24, 2.45) is 0 Å². The normalized spacial score (nSPS) is 45.2. The van der Waals surface area contributed by atoms with E-state index < -0.39 is 0 Å². The molecule has 0 aromatic heterocycles. The number of hydrogen-bond donors (Lipinski definition) is 0. The quantitative estimate of drug-likeness (QED) is 0.634. The van der Waals surface area contributed by atoms with E-state index in [0.29, 0.717) is 33.1 Å². The van der Waals surface area contributed by atoms with Gasteiger partial charge in [0.15, 0.2) is 0 Å². The Morgan fingerprint density at radius 2 is 1.31 bits per heavy atom. The van der Waals surface area contributed by atoms with Crippen LogP contribution >= 0.6 is 23.5 Å². The fraction of sp³-hybridized carbons (Fsp3) is 0.800. The number of carbonyl (C=O) groups excluding carboxylic acids is 2.